The van der Waals surface area contributed by atoms with E-state index in [0.29, 0.717) is 12.6 Å². The summed E-state index contributed by atoms with van der Waals surface area (Å²) in [5.74, 6) is 0.833. The maximum absolute atomic E-state index is 11.5. The predicted molar refractivity (Wildman–Crippen MR) is 62.5 cm³/mol. The molecule has 0 rings (SSSR count). The lowest BCUT2D eigenvalue weighted by atomic mass is 10.3. The average Bonchev–Trinajstić information content (AvgIpc) is 2.01. The van der Waals surface area contributed by atoms with Gasteiger partial charge in [-0.2, -0.15) is 0 Å². The van der Waals surface area contributed by atoms with Crippen molar-refractivity contribution in [1.82, 2.24) is 10.6 Å². The number of hydrogen-bond acceptors (Lipinski definition) is 2. The van der Waals surface area contributed by atoms with Crippen LogP contribution in [0.3, 0.4) is 0 Å². The Morgan fingerprint density at radius 3 is 1.73 bits per heavy atom. The summed E-state index contributed by atoms with van der Waals surface area (Å²) in [6, 6.07) is 0.420. The quantitative estimate of drug-likeness (QED) is 0.677. The van der Waals surface area contributed by atoms with Crippen LogP contribution >= 0.6 is 0 Å². The maximum Gasteiger partial charge on any atom is 0.250 e. The molecule has 0 saturated carbocycles. The predicted octanol–water partition coefficient (Wildman–Crippen LogP) is 2.50. The van der Waals surface area contributed by atoms with Crippen molar-refractivity contribution < 1.29 is 8.78 Å². The van der Waals surface area contributed by atoms with E-state index < -0.39 is 6.43 Å². The van der Waals surface area contributed by atoms with E-state index in [0.717, 1.165) is 12.5 Å². The highest BCUT2D eigenvalue weighted by Crippen LogP contribution is 1.86. The summed E-state index contributed by atoms with van der Waals surface area (Å²) in [6.07, 6.45) is -2.24. The van der Waals surface area contributed by atoms with Crippen LogP contribution in [0, 0.1) is 5.92 Å². The third kappa shape index (κ3) is 31.6. The Kier molecular flexibility index (Phi) is 13.6. The summed E-state index contributed by atoms with van der Waals surface area (Å²) in [5, 5.41) is 5.74. The minimum Gasteiger partial charge on any atom is -0.313 e. The van der Waals surface area contributed by atoms with E-state index in [1.165, 1.54) is 0 Å². The zero-order chi connectivity index (χ0) is 12.3. The van der Waals surface area contributed by atoms with Crippen LogP contribution < -0.4 is 10.6 Å². The molecule has 0 saturated heterocycles. The van der Waals surface area contributed by atoms with Gasteiger partial charge in [0.25, 0.3) is 6.43 Å². The van der Waals surface area contributed by atoms with Crippen LogP contribution in [0.5, 0.6) is 0 Å². The van der Waals surface area contributed by atoms with Crippen molar-refractivity contribution in [2.24, 2.45) is 5.92 Å². The lowest BCUT2D eigenvalue weighted by molar-refractivity contribution is 0.146. The van der Waals surface area contributed by atoms with E-state index in [9.17, 15) is 8.78 Å². The molecule has 0 atom stereocenters. The fourth-order valence-electron chi connectivity index (χ4n) is 0.660. The largest absolute Gasteiger partial charge is 0.313 e. The van der Waals surface area contributed by atoms with Crippen molar-refractivity contribution >= 4 is 0 Å². The fraction of sp³-hybridized carbons (Fsp3) is 1.00. The molecule has 0 amide bonds. The Bertz CT molecular complexity index is 104. The first-order chi connectivity index (χ1) is 6.86. The molecule has 4 heteroatoms. The number of rotatable bonds is 6. The van der Waals surface area contributed by atoms with Crippen molar-refractivity contribution in [3.63, 3.8) is 0 Å². The Labute approximate surface area is 92.8 Å². The second-order valence-electron chi connectivity index (χ2n) is 4.44. The molecule has 0 spiro atoms. The molecule has 0 aliphatic rings. The first kappa shape index (κ1) is 17.2. The Balaban J connectivity index is 0. The monoisotopic (exact) mass is 224 g/mol. The maximum atomic E-state index is 11.5. The third-order valence-corrected chi connectivity index (χ3v) is 1.15. The third-order valence-electron chi connectivity index (χ3n) is 1.15. The van der Waals surface area contributed by atoms with Crippen LogP contribution in [-0.2, 0) is 0 Å². The molecule has 2 N–H and O–H groups in total. The van der Waals surface area contributed by atoms with Gasteiger partial charge in [-0.3, -0.25) is 0 Å². The van der Waals surface area contributed by atoms with Crippen molar-refractivity contribution in [3.8, 4) is 0 Å². The van der Waals surface area contributed by atoms with Crippen LogP contribution in [0.1, 0.15) is 34.6 Å². The zero-order valence-corrected chi connectivity index (χ0v) is 10.6. The number of nitrogens with one attached hydrogen (secondary N) is 2. The summed E-state index contributed by atoms with van der Waals surface area (Å²) < 4.78 is 23.1. The molecule has 0 fully saturated rings. The van der Waals surface area contributed by atoms with Crippen LogP contribution in [-0.4, -0.2) is 32.1 Å². The molecule has 0 heterocycles. The SMILES string of the molecule is CC(C)C.CC(C)NCCNCC(F)F. The molecule has 0 aromatic heterocycles. The van der Waals surface area contributed by atoms with E-state index in [1.807, 2.05) is 13.8 Å². The van der Waals surface area contributed by atoms with Gasteiger partial charge in [0, 0.05) is 19.1 Å². The van der Waals surface area contributed by atoms with Crippen LogP contribution in [0.4, 0.5) is 8.78 Å². The lowest BCUT2D eigenvalue weighted by Gasteiger charge is -2.08. The van der Waals surface area contributed by atoms with Gasteiger partial charge in [-0.1, -0.05) is 34.6 Å². The van der Waals surface area contributed by atoms with E-state index in [4.69, 9.17) is 0 Å². The molecular weight excluding hydrogens is 198 g/mol. The number of halogens is 2. The van der Waals surface area contributed by atoms with Crippen molar-refractivity contribution in [1.29, 1.82) is 0 Å². The molecule has 0 unspecified atom stereocenters. The van der Waals surface area contributed by atoms with Gasteiger partial charge in [-0.05, 0) is 5.92 Å². The smallest absolute Gasteiger partial charge is 0.250 e. The molecule has 0 aromatic rings. The molecule has 0 aliphatic carbocycles. The summed E-state index contributed by atoms with van der Waals surface area (Å²) in [4.78, 5) is 0. The number of hydrogen-bond donors (Lipinski definition) is 2. The molecule has 2 nitrogen and oxygen atoms in total. The standard InChI is InChI=1S/C7H16F2N2.C4H10/c1-6(2)11-4-3-10-5-7(8)9;1-4(2)3/h6-7,10-11H,3-5H2,1-2H3;4H,1-3H3. The van der Waals surface area contributed by atoms with E-state index in [2.05, 4.69) is 31.4 Å². The average molecular weight is 224 g/mol. The van der Waals surface area contributed by atoms with E-state index in [-0.39, 0.29) is 6.54 Å². The van der Waals surface area contributed by atoms with Crippen molar-refractivity contribution in [2.75, 3.05) is 19.6 Å². The first-order valence-corrected chi connectivity index (χ1v) is 5.58. The minimum atomic E-state index is -2.24. The normalized spacial score (nSPS) is 10.8. The molecule has 15 heavy (non-hydrogen) atoms. The van der Waals surface area contributed by atoms with Gasteiger partial charge in [-0.25, -0.2) is 8.78 Å². The lowest BCUT2D eigenvalue weighted by Crippen LogP contribution is -2.33. The van der Waals surface area contributed by atoms with Gasteiger partial charge in [0.15, 0.2) is 0 Å². The van der Waals surface area contributed by atoms with Gasteiger partial charge in [0.2, 0.25) is 0 Å². The topological polar surface area (TPSA) is 24.1 Å². The number of alkyl halides is 2. The Morgan fingerprint density at radius 1 is 0.933 bits per heavy atom. The van der Waals surface area contributed by atoms with E-state index >= 15 is 0 Å². The van der Waals surface area contributed by atoms with Gasteiger partial charge in [0.05, 0.1) is 6.54 Å². The molecule has 0 aliphatic heterocycles. The highest BCUT2D eigenvalue weighted by molar-refractivity contribution is 4.55. The minimum absolute atomic E-state index is 0.209. The fourth-order valence-corrected chi connectivity index (χ4v) is 0.660. The second-order valence-corrected chi connectivity index (χ2v) is 4.44. The van der Waals surface area contributed by atoms with Crippen LogP contribution in [0.15, 0.2) is 0 Å². The summed E-state index contributed by atoms with van der Waals surface area (Å²) in [6.45, 7) is 11.7. The Morgan fingerprint density at radius 2 is 1.40 bits per heavy atom. The molecule has 0 aromatic carbocycles. The van der Waals surface area contributed by atoms with Crippen molar-refractivity contribution in [2.45, 2.75) is 47.1 Å². The molecule has 94 valence electrons. The highest BCUT2D eigenvalue weighted by atomic mass is 19.3. The highest BCUT2D eigenvalue weighted by Gasteiger charge is 1.99. The van der Waals surface area contributed by atoms with Gasteiger partial charge in [-0.15, -0.1) is 0 Å². The summed E-state index contributed by atoms with van der Waals surface area (Å²) in [7, 11) is 0. The molecular formula is C11H26F2N2. The molecule has 0 radical (unpaired) electrons. The summed E-state index contributed by atoms with van der Waals surface area (Å²) >= 11 is 0. The Hall–Kier alpha value is -0.220. The van der Waals surface area contributed by atoms with Crippen LogP contribution in [0.2, 0.25) is 0 Å². The van der Waals surface area contributed by atoms with Gasteiger partial charge in [0.1, 0.15) is 0 Å². The van der Waals surface area contributed by atoms with Gasteiger partial charge >= 0.3 is 0 Å². The van der Waals surface area contributed by atoms with E-state index in [1.54, 1.807) is 0 Å². The molecule has 0 bridgehead atoms. The van der Waals surface area contributed by atoms with Gasteiger partial charge < -0.3 is 10.6 Å². The summed E-state index contributed by atoms with van der Waals surface area (Å²) in [5.41, 5.74) is 0. The van der Waals surface area contributed by atoms with Crippen molar-refractivity contribution in [3.05, 3.63) is 0 Å². The first-order valence-electron chi connectivity index (χ1n) is 5.58. The second kappa shape index (κ2) is 11.9. The van der Waals surface area contributed by atoms with Crippen LogP contribution in [0.25, 0.3) is 0 Å². The zero-order valence-electron chi connectivity index (χ0n) is 10.6.